The summed E-state index contributed by atoms with van der Waals surface area (Å²) in [5, 5.41) is 3.36. The first kappa shape index (κ1) is 13.9. The van der Waals surface area contributed by atoms with Gasteiger partial charge < -0.3 is 0 Å². The Bertz CT molecular complexity index is 688. The second kappa shape index (κ2) is 5.22. The highest BCUT2D eigenvalue weighted by molar-refractivity contribution is 5.75. The number of aromatic nitrogens is 1. The number of azide groups is 1. The number of hydrogen-bond acceptors (Lipinski definition) is 1. The summed E-state index contributed by atoms with van der Waals surface area (Å²) in [5.74, 6) is 0. The van der Waals surface area contributed by atoms with Gasteiger partial charge in [-0.25, -0.2) is 4.57 Å². The molecule has 4 nitrogen and oxygen atoms in total. The van der Waals surface area contributed by atoms with Gasteiger partial charge in [0, 0.05) is 22.2 Å². The molecule has 1 aromatic heterocycles. The number of pyridine rings is 1. The van der Waals surface area contributed by atoms with Crippen LogP contribution in [0.25, 0.3) is 21.6 Å². The smallest absolute Gasteiger partial charge is 0.207 e. The fourth-order valence-electron chi connectivity index (χ4n) is 1.83. The molecule has 2 rings (SSSR count). The molecule has 0 aliphatic carbocycles. The highest BCUT2D eigenvalue weighted by Gasteiger charge is 2.31. The predicted molar refractivity (Wildman–Crippen MR) is 66.9 cm³/mol. The summed E-state index contributed by atoms with van der Waals surface area (Å²) in [6.07, 6.45) is -0.945. The van der Waals surface area contributed by atoms with Crippen LogP contribution in [0.3, 0.4) is 0 Å². The molecule has 0 aliphatic heterocycles. The molecule has 0 saturated heterocycles. The lowest BCUT2D eigenvalue weighted by molar-refractivity contribution is -0.671. The van der Waals surface area contributed by atoms with Crippen molar-refractivity contribution in [2.75, 3.05) is 0 Å². The van der Waals surface area contributed by atoms with Crippen molar-refractivity contribution in [2.45, 2.75) is 6.18 Å². The summed E-state index contributed by atoms with van der Waals surface area (Å²) in [6.45, 7) is 0. The number of nitrogens with zero attached hydrogens (tertiary/aromatic N) is 4. The van der Waals surface area contributed by atoms with E-state index in [1.165, 1.54) is 6.07 Å². The molecule has 2 aromatic rings. The lowest BCUT2D eigenvalue weighted by Crippen LogP contribution is -2.26. The van der Waals surface area contributed by atoms with Gasteiger partial charge in [-0.05, 0) is 29.3 Å². The van der Waals surface area contributed by atoms with E-state index in [1.54, 1.807) is 36.1 Å². The molecule has 0 atom stereocenters. The minimum absolute atomic E-state index is 0.0477. The molecular weight excluding hydrogens is 269 g/mol. The number of aryl methyl sites for hydroxylation is 1. The molecule has 0 amide bonds. The molecule has 0 aliphatic rings. The van der Waals surface area contributed by atoms with Gasteiger partial charge in [-0.2, -0.15) is 13.2 Å². The average molecular weight is 279 g/mol. The monoisotopic (exact) mass is 279 g/mol. The van der Waals surface area contributed by atoms with Gasteiger partial charge in [0.25, 0.3) is 0 Å². The van der Waals surface area contributed by atoms with E-state index >= 15 is 0 Å². The van der Waals surface area contributed by atoms with Gasteiger partial charge >= 0.3 is 6.18 Å². The summed E-state index contributed by atoms with van der Waals surface area (Å²) in [5.41, 5.74) is 8.74. The van der Waals surface area contributed by atoms with E-state index in [0.29, 0.717) is 11.1 Å². The topological polar surface area (TPSA) is 52.6 Å². The highest BCUT2D eigenvalue weighted by Crippen LogP contribution is 2.36. The summed E-state index contributed by atoms with van der Waals surface area (Å²) in [6, 6.07) is 6.62. The lowest BCUT2D eigenvalue weighted by atomic mass is 10.0. The summed E-state index contributed by atoms with van der Waals surface area (Å²) < 4.78 is 39.8. The first-order valence-electron chi connectivity index (χ1n) is 5.64. The SMILES string of the molecule is C[n+]1cccc(-c2ccc(C(F)(F)F)cc2N=[N+]=[N-])c1. The Morgan fingerprint density at radius 1 is 1.25 bits per heavy atom. The number of alkyl halides is 3. The Morgan fingerprint density at radius 2 is 2.00 bits per heavy atom. The second-order valence-electron chi connectivity index (χ2n) is 4.18. The largest absolute Gasteiger partial charge is 0.416 e. The molecule has 1 aromatic carbocycles. The first-order chi connectivity index (χ1) is 9.41. The number of rotatable bonds is 2. The van der Waals surface area contributed by atoms with Gasteiger partial charge in [0.2, 0.25) is 0 Å². The number of benzene rings is 1. The van der Waals surface area contributed by atoms with Crippen LogP contribution in [-0.4, -0.2) is 0 Å². The maximum Gasteiger partial charge on any atom is 0.416 e. The van der Waals surface area contributed by atoms with Crippen molar-refractivity contribution < 1.29 is 17.7 Å². The molecule has 0 spiro atoms. The van der Waals surface area contributed by atoms with Crippen LogP contribution in [0.15, 0.2) is 47.8 Å². The van der Waals surface area contributed by atoms with Crippen LogP contribution < -0.4 is 4.57 Å². The zero-order valence-electron chi connectivity index (χ0n) is 10.5. The van der Waals surface area contributed by atoms with Gasteiger partial charge in [0.1, 0.15) is 7.05 Å². The third kappa shape index (κ3) is 2.89. The Hall–Kier alpha value is -2.53. The molecule has 0 radical (unpaired) electrons. The van der Waals surface area contributed by atoms with Crippen molar-refractivity contribution in [1.29, 1.82) is 0 Å². The fraction of sp³-hybridized carbons (Fsp3) is 0.154. The number of halogens is 3. The molecule has 0 N–H and O–H groups in total. The van der Waals surface area contributed by atoms with Gasteiger partial charge in [0.05, 0.1) is 5.56 Å². The molecule has 102 valence electrons. The predicted octanol–water partition coefficient (Wildman–Crippen LogP) is 4.14. The Kier molecular flexibility index (Phi) is 3.63. The quantitative estimate of drug-likeness (QED) is 0.343. The van der Waals surface area contributed by atoms with Crippen molar-refractivity contribution in [3.05, 3.63) is 58.7 Å². The molecule has 0 bridgehead atoms. The Balaban J connectivity index is 2.62. The van der Waals surface area contributed by atoms with Crippen LogP contribution in [-0.2, 0) is 13.2 Å². The van der Waals surface area contributed by atoms with E-state index in [-0.39, 0.29) is 5.69 Å². The van der Waals surface area contributed by atoms with E-state index in [0.717, 1.165) is 12.1 Å². The minimum atomic E-state index is -4.47. The average Bonchev–Trinajstić information content (AvgIpc) is 2.38. The van der Waals surface area contributed by atoms with Crippen LogP contribution in [0.5, 0.6) is 0 Å². The zero-order chi connectivity index (χ0) is 14.8. The molecule has 0 saturated carbocycles. The number of hydrogen-bond donors (Lipinski definition) is 0. The standard InChI is InChI=1S/C13H10F3N4/c1-20-6-2-3-9(8-20)11-5-4-10(13(14,15)16)7-12(11)18-19-17/h2-8H,1H3/q+1. The van der Waals surface area contributed by atoms with Gasteiger partial charge in [-0.1, -0.05) is 11.2 Å². The van der Waals surface area contributed by atoms with E-state index in [2.05, 4.69) is 10.0 Å². The molecular formula is C13H10F3N4+. The first-order valence-corrected chi connectivity index (χ1v) is 5.64. The van der Waals surface area contributed by atoms with Crippen molar-refractivity contribution in [2.24, 2.45) is 12.2 Å². The molecule has 0 unspecified atom stereocenters. The third-order valence-electron chi connectivity index (χ3n) is 2.73. The van der Waals surface area contributed by atoms with Crippen LogP contribution >= 0.6 is 0 Å². The van der Waals surface area contributed by atoms with Crippen molar-refractivity contribution in [3.8, 4) is 11.1 Å². The van der Waals surface area contributed by atoms with Crippen LogP contribution in [0.1, 0.15) is 5.56 Å². The van der Waals surface area contributed by atoms with Crippen molar-refractivity contribution in [3.63, 3.8) is 0 Å². The van der Waals surface area contributed by atoms with Gasteiger partial charge in [0.15, 0.2) is 12.4 Å². The van der Waals surface area contributed by atoms with Gasteiger partial charge in [-0.3, -0.25) is 0 Å². The summed E-state index contributed by atoms with van der Waals surface area (Å²) in [7, 11) is 1.79. The third-order valence-corrected chi connectivity index (χ3v) is 2.73. The van der Waals surface area contributed by atoms with Gasteiger partial charge in [-0.15, -0.1) is 0 Å². The molecule has 7 heteroatoms. The maximum atomic E-state index is 12.7. The Labute approximate surface area is 112 Å². The maximum absolute atomic E-state index is 12.7. The second-order valence-corrected chi connectivity index (χ2v) is 4.18. The lowest BCUT2D eigenvalue weighted by Gasteiger charge is -2.10. The summed E-state index contributed by atoms with van der Waals surface area (Å²) >= 11 is 0. The van der Waals surface area contributed by atoms with Crippen molar-refractivity contribution in [1.82, 2.24) is 0 Å². The van der Waals surface area contributed by atoms with E-state index in [4.69, 9.17) is 5.53 Å². The molecule has 20 heavy (non-hydrogen) atoms. The summed E-state index contributed by atoms with van der Waals surface area (Å²) in [4.78, 5) is 2.59. The molecule has 0 fully saturated rings. The highest BCUT2D eigenvalue weighted by atomic mass is 19.4. The van der Waals surface area contributed by atoms with Crippen LogP contribution in [0.2, 0.25) is 0 Å². The van der Waals surface area contributed by atoms with Crippen LogP contribution in [0.4, 0.5) is 18.9 Å². The van der Waals surface area contributed by atoms with E-state index in [1.807, 2.05) is 0 Å². The minimum Gasteiger partial charge on any atom is -0.207 e. The zero-order valence-corrected chi connectivity index (χ0v) is 10.5. The van der Waals surface area contributed by atoms with Crippen LogP contribution in [0, 0.1) is 0 Å². The van der Waals surface area contributed by atoms with E-state index < -0.39 is 11.7 Å². The van der Waals surface area contributed by atoms with Crippen molar-refractivity contribution >= 4 is 5.69 Å². The Morgan fingerprint density at radius 3 is 2.60 bits per heavy atom. The van der Waals surface area contributed by atoms with E-state index in [9.17, 15) is 13.2 Å². The normalized spacial score (nSPS) is 11.0. The molecule has 1 heterocycles. The fourth-order valence-corrected chi connectivity index (χ4v) is 1.83.